The van der Waals surface area contributed by atoms with Gasteiger partial charge in [0.15, 0.2) is 23.2 Å². The zero-order valence-corrected chi connectivity index (χ0v) is 34.9. The standard InChI is InChI=1S/C46H39F4N3O4S3/c1-3-5-6-20-56-37-23-29(12-17-35(37)47)9-8-28-10-13-30(14-11-28)34-24-31(26-51-53-46-52-44-38(60-46)18-19-39-45(44)59-27-58-39)41(43(50)42(34)49)33-16-15-32(25-36(33)48)55-21-7-22-57-40(54)4-2/h4,8-19,23-26H,2-3,5-7,20-22,27H2,1H3,(H,52,53)/b9-8+,51-26+. The highest BCUT2D eigenvalue weighted by Crippen LogP contribution is 2.47. The molecule has 308 valence electrons. The first-order chi connectivity index (χ1) is 29.2. The maximum absolute atomic E-state index is 16.4. The molecule has 1 aliphatic heterocycles. The Labute approximate surface area is 357 Å². The van der Waals surface area contributed by atoms with Crippen molar-refractivity contribution in [3.05, 3.63) is 131 Å². The number of aromatic nitrogens is 1. The Morgan fingerprint density at radius 1 is 0.833 bits per heavy atom. The topological polar surface area (TPSA) is 82.0 Å². The highest BCUT2D eigenvalue weighted by atomic mass is 32.2. The molecule has 0 amide bonds. The van der Waals surface area contributed by atoms with E-state index in [1.165, 1.54) is 46.7 Å². The first-order valence-corrected chi connectivity index (χ1v) is 21.9. The molecular weight excluding hydrogens is 831 g/mol. The van der Waals surface area contributed by atoms with Gasteiger partial charge in [-0.1, -0.05) is 80.2 Å². The van der Waals surface area contributed by atoms with Crippen LogP contribution in [-0.4, -0.2) is 42.1 Å². The Kier molecular flexibility index (Phi) is 14.3. The summed E-state index contributed by atoms with van der Waals surface area (Å²) < 4.78 is 79.8. The van der Waals surface area contributed by atoms with E-state index in [-0.39, 0.29) is 47.0 Å². The van der Waals surface area contributed by atoms with Gasteiger partial charge in [-0.15, -0.1) is 23.5 Å². The number of hydrogen-bond acceptors (Lipinski definition) is 10. The minimum absolute atomic E-state index is 0.0563. The molecule has 2 heterocycles. The van der Waals surface area contributed by atoms with E-state index >= 15 is 13.2 Å². The van der Waals surface area contributed by atoms with E-state index < -0.39 is 29.2 Å². The van der Waals surface area contributed by atoms with Crippen molar-refractivity contribution in [3.8, 4) is 33.8 Å². The third kappa shape index (κ3) is 10.2. The Morgan fingerprint density at radius 3 is 2.43 bits per heavy atom. The summed E-state index contributed by atoms with van der Waals surface area (Å²) in [6.45, 7) is 6.06. The number of fused-ring (bicyclic) bond motifs is 3. The van der Waals surface area contributed by atoms with Crippen molar-refractivity contribution in [2.24, 2.45) is 5.10 Å². The van der Waals surface area contributed by atoms with Crippen molar-refractivity contribution in [1.82, 2.24) is 4.98 Å². The molecule has 6 aromatic rings. The van der Waals surface area contributed by atoms with Gasteiger partial charge < -0.3 is 14.2 Å². The molecule has 0 saturated heterocycles. The van der Waals surface area contributed by atoms with Crippen molar-refractivity contribution in [2.75, 3.05) is 30.3 Å². The first kappa shape index (κ1) is 42.6. The lowest BCUT2D eigenvalue weighted by Gasteiger charge is -2.15. The summed E-state index contributed by atoms with van der Waals surface area (Å²) in [5.41, 5.74) is 5.19. The predicted octanol–water partition coefficient (Wildman–Crippen LogP) is 13.0. The van der Waals surface area contributed by atoms with E-state index in [0.717, 1.165) is 62.7 Å². The summed E-state index contributed by atoms with van der Waals surface area (Å²) in [5, 5.41) is 5.78. The highest BCUT2D eigenvalue weighted by molar-refractivity contribution is 8.18. The number of anilines is 1. The normalized spacial score (nSPS) is 12.3. The van der Waals surface area contributed by atoms with Crippen LogP contribution in [0.15, 0.2) is 106 Å². The third-order valence-electron chi connectivity index (χ3n) is 9.33. The molecule has 1 N–H and O–H groups in total. The minimum atomic E-state index is -1.26. The van der Waals surface area contributed by atoms with Crippen LogP contribution in [-0.2, 0) is 9.53 Å². The summed E-state index contributed by atoms with van der Waals surface area (Å²) in [5.74, 6) is -3.93. The van der Waals surface area contributed by atoms with Gasteiger partial charge in [-0.25, -0.2) is 27.3 Å². The number of ether oxygens (including phenoxy) is 3. The lowest BCUT2D eigenvalue weighted by molar-refractivity contribution is -0.137. The predicted molar refractivity (Wildman–Crippen MR) is 236 cm³/mol. The van der Waals surface area contributed by atoms with E-state index in [1.54, 1.807) is 59.9 Å². The van der Waals surface area contributed by atoms with Gasteiger partial charge in [0.2, 0.25) is 5.13 Å². The molecule has 1 aliphatic rings. The van der Waals surface area contributed by atoms with Crippen molar-refractivity contribution in [1.29, 1.82) is 0 Å². The fraction of sp³-hybridized carbons (Fsp3) is 0.196. The molecular formula is C46H39F4N3O4S3. The van der Waals surface area contributed by atoms with Gasteiger partial charge in [0.25, 0.3) is 0 Å². The largest absolute Gasteiger partial charge is 0.493 e. The number of halogens is 4. The number of unbranched alkanes of at least 4 members (excludes halogenated alkanes) is 2. The van der Waals surface area contributed by atoms with Gasteiger partial charge in [-0.2, -0.15) is 5.10 Å². The SMILES string of the molecule is C=CC(=O)OCCCOc1ccc(-c2c(/C=N/Nc3nc4c5c(ccc4s3)SCS5)cc(-c3ccc(/C=C/c4ccc(F)c(OCCCCC)c4)cc3)c(F)c2F)c(F)c1. The number of hydrogen-bond donors (Lipinski definition) is 1. The molecule has 1 aromatic heterocycles. The number of carbonyl (C=O) groups is 1. The first-order valence-electron chi connectivity index (χ1n) is 19.2. The van der Waals surface area contributed by atoms with Crippen LogP contribution in [0.1, 0.15) is 49.3 Å². The van der Waals surface area contributed by atoms with Crippen LogP contribution in [0.5, 0.6) is 11.5 Å². The molecule has 0 atom stereocenters. The molecule has 5 aromatic carbocycles. The smallest absolute Gasteiger partial charge is 0.330 e. The van der Waals surface area contributed by atoms with Gasteiger partial charge in [-0.05, 0) is 65.6 Å². The maximum atomic E-state index is 16.4. The number of thiazole rings is 1. The minimum Gasteiger partial charge on any atom is -0.493 e. The molecule has 0 saturated carbocycles. The molecule has 7 rings (SSSR count). The van der Waals surface area contributed by atoms with Crippen molar-refractivity contribution in [3.63, 3.8) is 0 Å². The molecule has 14 heteroatoms. The number of carbonyl (C=O) groups excluding carboxylic acids is 1. The van der Waals surface area contributed by atoms with Gasteiger partial charge in [0.1, 0.15) is 11.6 Å². The molecule has 0 aliphatic carbocycles. The quantitative estimate of drug-likeness (QED) is 0.0174. The molecule has 0 radical (unpaired) electrons. The molecule has 0 fully saturated rings. The molecule has 0 unspecified atom stereocenters. The maximum Gasteiger partial charge on any atom is 0.330 e. The van der Waals surface area contributed by atoms with E-state index in [1.807, 2.05) is 18.2 Å². The van der Waals surface area contributed by atoms with Crippen LogP contribution in [0.25, 0.3) is 44.6 Å². The second-order valence-corrected chi connectivity index (χ2v) is 16.9. The highest BCUT2D eigenvalue weighted by Gasteiger charge is 2.23. The van der Waals surface area contributed by atoms with Crippen LogP contribution < -0.4 is 14.9 Å². The fourth-order valence-electron chi connectivity index (χ4n) is 6.30. The van der Waals surface area contributed by atoms with Crippen molar-refractivity contribution in [2.45, 2.75) is 42.4 Å². The Balaban J connectivity index is 1.15. The van der Waals surface area contributed by atoms with E-state index in [9.17, 15) is 9.18 Å². The Hall–Kier alpha value is -5.57. The Morgan fingerprint density at radius 2 is 1.63 bits per heavy atom. The van der Waals surface area contributed by atoms with Crippen molar-refractivity contribution >= 4 is 74.5 Å². The van der Waals surface area contributed by atoms with Crippen LogP contribution in [0.2, 0.25) is 0 Å². The van der Waals surface area contributed by atoms with Gasteiger partial charge in [0.05, 0.1) is 36.3 Å². The third-order valence-corrected chi connectivity index (χ3v) is 12.7. The van der Waals surface area contributed by atoms with E-state index in [4.69, 9.17) is 19.2 Å². The fourth-order valence-corrected chi connectivity index (χ4v) is 9.65. The molecule has 60 heavy (non-hydrogen) atoms. The number of thioether (sulfide) groups is 2. The Bertz CT molecular complexity index is 2580. The number of hydrazone groups is 1. The summed E-state index contributed by atoms with van der Waals surface area (Å²) in [6, 6.07) is 20.8. The number of benzene rings is 5. The van der Waals surface area contributed by atoms with Crippen LogP contribution in [0.3, 0.4) is 0 Å². The second kappa shape index (κ2) is 20.1. The average Bonchev–Trinajstić information content (AvgIpc) is 3.91. The monoisotopic (exact) mass is 869 g/mol. The molecule has 0 spiro atoms. The lowest BCUT2D eigenvalue weighted by atomic mass is 9.93. The zero-order valence-electron chi connectivity index (χ0n) is 32.4. The summed E-state index contributed by atoms with van der Waals surface area (Å²) in [4.78, 5) is 18.3. The second-order valence-electron chi connectivity index (χ2n) is 13.5. The van der Waals surface area contributed by atoms with E-state index in [0.29, 0.717) is 23.7 Å². The van der Waals surface area contributed by atoms with Gasteiger partial charge in [-0.3, -0.25) is 5.43 Å². The van der Waals surface area contributed by atoms with Crippen LogP contribution in [0.4, 0.5) is 22.7 Å². The summed E-state index contributed by atoms with van der Waals surface area (Å²) in [6.07, 6.45) is 9.22. The van der Waals surface area contributed by atoms with Gasteiger partial charge in [0, 0.05) is 55.7 Å². The average molecular weight is 870 g/mol. The van der Waals surface area contributed by atoms with Crippen LogP contribution >= 0.6 is 34.9 Å². The number of esters is 1. The van der Waals surface area contributed by atoms with Crippen LogP contribution in [0, 0.1) is 23.3 Å². The lowest BCUT2D eigenvalue weighted by Crippen LogP contribution is -2.07. The van der Waals surface area contributed by atoms with Gasteiger partial charge >= 0.3 is 5.97 Å². The number of nitrogens with one attached hydrogen (secondary N) is 1. The molecule has 7 nitrogen and oxygen atoms in total. The molecule has 0 bridgehead atoms. The number of rotatable bonds is 18. The van der Waals surface area contributed by atoms with E-state index in [2.05, 4.69) is 30.1 Å². The zero-order chi connectivity index (χ0) is 42.0. The summed E-state index contributed by atoms with van der Waals surface area (Å²) >= 11 is 4.89. The number of nitrogens with zero attached hydrogens (tertiary/aromatic N) is 2. The van der Waals surface area contributed by atoms with Crippen molar-refractivity contribution < 1.29 is 36.6 Å². The summed E-state index contributed by atoms with van der Waals surface area (Å²) in [7, 11) is 0.